The molecule has 1 aliphatic rings. The molecule has 1 aliphatic heterocycles. The van der Waals surface area contributed by atoms with Crippen LogP contribution in [0.5, 0.6) is 5.75 Å². The van der Waals surface area contributed by atoms with Crippen LogP contribution in [0.1, 0.15) is 31.2 Å². The van der Waals surface area contributed by atoms with Gasteiger partial charge in [-0.3, -0.25) is 14.5 Å². The SMILES string of the molecule is O=C1CCCCC(=O)N1Cc1ccc(O)cc1. The Morgan fingerprint density at radius 3 is 2.06 bits per heavy atom. The molecule has 0 radical (unpaired) electrons. The number of phenols is 1. The lowest BCUT2D eigenvalue weighted by Gasteiger charge is -2.18. The van der Waals surface area contributed by atoms with Gasteiger partial charge in [-0.2, -0.15) is 0 Å². The Labute approximate surface area is 99.9 Å². The predicted molar refractivity (Wildman–Crippen MR) is 62.1 cm³/mol. The van der Waals surface area contributed by atoms with Crippen LogP contribution in [-0.4, -0.2) is 21.8 Å². The van der Waals surface area contributed by atoms with E-state index in [1.165, 1.54) is 4.90 Å². The van der Waals surface area contributed by atoms with Crippen LogP contribution in [0.4, 0.5) is 0 Å². The molecule has 1 heterocycles. The van der Waals surface area contributed by atoms with Gasteiger partial charge in [0.25, 0.3) is 0 Å². The lowest BCUT2D eigenvalue weighted by molar-refractivity contribution is -0.144. The molecule has 17 heavy (non-hydrogen) atoms. The zero-order valence-electron chi connectivity index (χ0n) is 9.56. The van der Waals surface area contributed by atoms with E-state index in [1.54, 1.807) is 24.3 Å². The number of carbonyl (C=O) groups is 2. The molecule has 90 valence electrons. The summed E-state index contributed by atoms with van der Waals surface area (Å²) in [5.74, 6) is -0.0107. The molecule has 0 spiro atoms. The molecule has 2 rings (SSSR count). The van der Waals surface area contributed by atoms with E-state index in [0.29, 0.717) is 19.4 Å². The molecular weight excluding hydrogens is 218 g/mol. The predicted octanol–water partition coefficient (Wildman–Crippen LogP) is 1.82. The highest BCUT2D eigenvalue weighted by molar-refractivity contribution is 5.95. The van der Waals surface area contributed by atoms with Crippen molar-refractivity contribution in [3.8, 4) is 5.75 Å². The van der Waals surface area contributed by atoms with Crippen LogP contribution in [0.2, 0.25) is 0 Å². The average Bonchev–Trinajstić information content (AvgIpc) is 2.47. The van der Waals surface area contributed by atoms with Gasteiger partial charge in [0.2, 0.25) is 11.8 Å². The molecule has 0 bridgehead atoms. The molecule has 0 saturated carbocycles. The first-order valence-electron chi connectivity index (χ1n) is 5.78. The first-order chi connectivity index (χ1) is 8.16. The summed E-state index contributed by atoms with van der Waals surface area (Å²) in [7, 11) is 0. The molecule has 1 fully saturated rings. The second-order valence-corrected chi connectivity index (χ2v) is 4.25. The van der Waals surface area contributed by atoms with Gasteiger partial charge in [-0.05, 0) is 30.5 Å². The summed E-state index contributed by atoms with van der Waals surface area (Å²) in [5, 5.41) is 9.16. The van der Waals surface area contributed by atoms with Gasteiger partial charge in [0.15, 0.2) is 0 Å². The second-order valence-electron chi connectivity index (χ2n) is 4.25. The summed E-state index contributed by atoms with van der Waals surface area (Å²) in [5.41, 5.74) is 0.853. The van der Waals surface area contributed by atoms with E-state index in [9.17, 15) is 9.59 Å². The first-order valence-corrected chi connectivity index (χ1v) is 5.78. The summed E-state index contributed by atoms with van der Waals surface area (Å²) in [6.45, 7) is 0.304. The highest BCUT2D eigenvalue weighted by Gasteiger charge is 2.23. The first kappa shape index (κ1) is 11.6. The number of rotatable bonds is 2. The van der Waals surface area contributed by atoms with Crippen LogP contribution >= 0.6 is 0 Å². The largest absolute Gasteiger partial charge is 0.508 e. The van der Waals surface area contributed by atoms with Crippen molar-refractivity contribution in [3.63, 3.8) is 0 Å². The Balaban J connectivity index is 2.12. The Morgan fingerprint density at radius 1 is 1.00 bits per heavy atom. The van der Waals surface area contributed by atoms with E-state index in [-0.39, 0.29) is 17.6 Å². The number of aromatic hydroxyl groups is 1. The van der Waals surface area contributed by atoms with Crippen LogP contribution < -0.4 is 0 Å². The number of imide groups is 1. The Kier molecular flexibility index (Phi) is 3.42. The summed E-state index contributed by atoms with van der Waals surface area (Å²) in [6, 6.07) is 6.56. The summed E-state index contributed by atoms with van der Waals surface area (Å²) in [4.78, 5) is 24.8. The number of hydrogen-bond acceptors (Lipinski definition) is 3. The monoisotopic (exact) mass is 233 g/mol. The van der Waals surface area contributed by atoms with Gasteiger partial charge >= 0.3 is 0 Å². The van der Waals surface area contributed by atoms with Crippen LogP contribution in [-0.2, 0) is 16.1 Å². The van der Waals surface area contributed by atoms with Crippen LogP contribution in [0, 0.1) is 0 Å². The van der Waals surface area contributed by atoms with Gasteiger partial charge in [-0.25, -0.2) is 0 Å². The number of carbonyl (C=O) groups excluding carboxylic acids is 2. The third-order valence-electron chi connectivity index (χ3n) is 2.91. The molecule has 0 aromatic heterocycles. The second kappa shape index (κ2) is 4.99. The fourth-order valence-corrected chi connectivity index (χ4v) is 1.92. The van der Waals surface area contributed by atoms with Gasteiger partial charge in [-0.1, -0.05) is 12.1 Å². The molecule has 1 aromatic carbocycles. The maximum atomic E-state index is 11.8. The number of benzene rings is 1. The molecule has 0 unspecified atom stereocenters. The third-order valence-corrected chi connectivity index (χ3v) is 2.91. The number of nitrogens with zero attached hydrogens (tertiary/aromatic N) is 1. The number of phenolic OH excluding ortho intramolecular Hbond substituents is 1. The molecule has 0 atom stereocenters. The van der Waals surface area contributed by atoms with Crippen molar-refractivity contribution in [3.05, 3.63) is 29.8 Å². The quantitative estimate of drug-likeness (QED) is 0.793. The van der Waals surface area contributed by atoms with Crippen molar-refractivity contribution in [1.82, 2.24) is 4.90 Å². The lowest BCUT2D eigenvalue weighted by atomic mass is 10.2. The maximum absolute atomic E-state index is 11.8. The van der Waals surface area contributed by atoms with Gasteiger partial charge in [0.1, 0.15) is 5.75 Å². The minimum absolute atomic E-state index is 0.0967. The van der Waals surface area contributed by atoms with Crippen molar-refractivity contribution < 1.29 is 14.7 Å². The zero-order chi connectivity index (χ0) is 12.3. The van der Waals surface area contributed by atoms with Gasteiger partial charge < -0.3 is 5.11 Å². The van der Waals surface area contributed by atoms with Crippen molar-refractivity contribution in [2.45, 2.75) is 32.2 Å². The van der Waals surface area contributed by atoms with Crippen molar-refractivity contribution in [2.75, 3.05) is 0 Å². The van der Waals surface area contributed by atoms with Crippen molar-refractivity contribution in [1.29, 1.82) is 0 Å². The molecule has 4 nitrogen and oxygen atoms in total. The van der Waals surface area contributed by atoms with E-state index in [2.05, 4.69) is 0 Å². The van der Waals surface area contributed by atoms with Gasteiger partial charge in [0.05, 0.1) is 6.54 Å². The maximum Gasteiger partial charge on any atom is 0.229 e. The molecular formula is C13H15NO3. The molecule has 1 aromatic rings. The van der Waals surface area contributed by atoms with Gasteiger partial charge in [0, 0.05) is 12.8 Å². The van der Waals surface area contributed by atoms with Gasteiger partial charge in [-0.15, -0.1) is 0 Å². The highest BCUT2D eigenvalue weighted by atomic mass is 16.3. The number of amides is 2. The highest BCUT2D eigenvalue weighted by Crippen LogP contribution is 2.17. The number of likely N-dealkylation sites (tertiary alicyclic amines) is 1. The Morgan fingerprint density at radius 2 is 1.53 bits per heavy atom. The molecule has 4 heteroatoms. The molecule has 1 saturated heterocycles. The fraction of sp³-hybridized carbons (Fsp3) is 0.385. The van der Waals surface area contributed by atoms with Crippen LogP contribution in [0.15, 0.2) is 24.3 Å². The smallest absolute Gasteiger partial charge is 0.229 e. The Bertz CT molecular complexity index is 407. The summed E-state index contributed by atoms with van der Waals surface area (Å²) < 4.78 is 0. The third kappa shape index (κ3) is 2.84. The summed E-state index contributed by atoms with van der Waals surface area (Å²) in [6.07, 6.45) is 2.47. The van der Waals surface area contributed by atoms with E-state index < -0.39 is 0 Å². The van der Waals surface area contributed by atoms with E-state index in [0.717, 1.165) is 18.4 Å². The van der Waals surface area contributed by atoms with E-state index in [1.807, 2.05) is 0 Å². The number of hydrogen-bond donors (Lipinski definition) is 1. The lowest BCUT2D eigenvalue weighted by Crippen LogP contribution is -2.34. The fourth-order valence-electron chi connectivity index (χ4n) is 1.92. The molecule has 2 amide bonds. The summed E-state index contributed by atoms with van der Waals surface area (Å²) >= 11 is 0. The minimum atomic E-state index is -0.0967. The van der Waals surface area contributed by atoms with Crippen molar-refractivity contribution >= 4 is 11.8 Å². The van der Waals surface area contributed by atoms with E-state index in [4.69, 9.17) is 5.11 Å². The molecule has 1 N–H and O–H groups in total. The Hall–Kier alpha value is -1.84. The normalized spacial score (nSPS) is 17.1. The topological polar surface area (TPSA) is 57.6 Å². The zero-order valence-corrected chi connectivity index (χ0v) is 9.56. The van der Waals surface area contributed by atoms with E-state index >= 15 is 0 Å². The van der Waals surface area contributed by atoms with Crippen molar-refractivity contribution in [2.24, 2.45) is 0 Å². The average molecular weight is 233 g/mol. The van der Waals surface area contributed by atoms with Crippen LogP contribution in [0.25, 0.3) is 0 Å². The standard InChI is InChI=1S/C13H15NO3/c15-11-7-5-10(6-8-11)9-14-12(16)3-1-2-4-13(14)17/h5-8,15H,1-4,9H2. The van der Waals surface area contributed by atoms with Crippen LogP contribution in [0.3, 0.4) is 0 Å². The minimum Gasteiger partial charge on any atom is -0.508 e. The molecule has 0 aliphatic carbocycles.